The van der Waals surface area contributed by atoms with Gasteiger partial charge >= 0.3 is 6.18 Å². The smallest absolute Gasteiger partial charge is 0.417 e. The third-order valence-electron chi connectivity index (χ3n) is 8.69. The summed E-state index contributed by atoms with van der Waals surface area (Å²) in [5, 5.41) is 6.79. The van der Waals surface area contributed by atoms with Gasteiger partial charge in [0.05, 0.1) is 48.8 Å². The molecule has 2 amide bonds. The van der Waals surface area contributed by atoms with Crippen LogP contribution in [0, 0.1) is 0 Å². The van der Waals surface area contributed by atoms with Crippen molar-refractivity contribution in [2.24, 2.45) is 5.10 Å². The number of hydrogen-bond acceptors (Lipinski definition) is 9. The van der Waals surface area contributed by atoms with Gasteiger partial charge in [-0.2, -0.15) is 18.3 Å². The molecule has 1 aliphatic carbocycles. The molecular formula is C36H43ClF3N5O5S. The van der Waals surface area contributed by atoms with Gasteiger partial charge in [-0.15, -0.1) is 11.3 Å². The van der Waals surface area contributed by atoms with E-state index in [1.54, 1.807) is 24.3 Å². The molecule has 51 heavy (non-hydrogen) atoms. The second-order valence-electron chi connectivity index (χ2n) is 12.2. The number of amides is 2. The largest absolute Gasteiger partial charge is 0.491 e. The predicted octanol–water partition coefficient (Wildman–Crippen LogP) is 6.71. The van der Waals surface area contributed by atoms with E-state index in [-0.39, 0.29) is 12.2 Å². The molecule has 2 heterocycles. The molecule has 2 N–H and O–H groups in total. The first kappa shape index (κ1) is 38.7. The minimum atomic E-state index is -4.64. The Bertz CT molecular complexity index is 1680. The van der Waals surface area contributed by atoms with Crippen LogP contribution in [0.5, 0.6) is 5.75 Å². The maximum Gasteiger partial charge on any atom is 0.417 e. The number of benzene rings is 2. The fourth-order valence-corrected chi connectivity index (χ4v) is 7.23. The van der Waals surface area contributed by atoms with Gasteiger partial charge in [0.15, 0.2) is 0 Å². The van der Waals surface area contributed by atoms with Crippen LogP contribution in [0.1, 0.15) is 69.0 Å². The van der Waals surface area contributed by atoms with Gasteiger partial charge in [0, 0.05) is 36.1 Å². The zero-order chi connectivity index (χ0) is 36.4. The number of thiophene rings is 1. The highest BCUT2D eigenvalue weighted by Crippen LogP contribution is 2.40. The number of likely N-dealkylation sites (N-methyl/N-ethyl adjacent to an activating group) is 1. The summed E-state index contributed by atoms with van der Waals surface area (Å²) in [5.41, 5.74) is 3.02. The third kappa shape index (κ3) is 11.0. The third-order valence-corrected chi connectivity index (χ3v) is 10.2. The van der Waals surface area contributed by atoms with Gasteiger partial charge in [0.2, 0.25) is 0 Å². The Hall–Kier alpha value is -3.53. The Morgan fingerprint density at radius 1 is 1.04 bits per heavy atom. The number of halogens is 4. The van der Waals surface area contributed by atoms with Crippen LogP contribution in [0.4, 0.5) is 18.2 Å². The van der Waals surface area contributed by atoms with E-state index in [0.717, 1.165) is 67.8 Å². The molecule has 0 bridgehead atoms. The number of anilines is 1. The van der Waals surface area contributed by atoms with Gasteiger partial charge in [-0.1, -0.05) is 37.6 Å². The molecule has 1 aliphatic heterocycles. The number of carbonyl (C=O) groups excluding carboxylic acids is 2. The highest BCUT2D eigenvalue weighted by Gasteiger charge is 2.35. The molecule has 1 fully saturated rings. The summed E-state index contributed by atoms with van der Waals surface area (Å²) in [5.74, 6) is -0.500. The quantitative estimate of drug-likeness (QED) is 0.0847. The van der Waals surface area contributed by atoms with Crippen LogP contribution in [-0.4, -0.2) is 93.1 Å². The summed E-state index contributed by atoms with van der Waals surface area (Å²) in [6.45, 7) is 10.8. The molecule has 1 aromatic heterocycles. The van der Waals surface area contributed by atoms with E-state index in [1.165, 1.54) is 17.4 Å². The van der Waals surface area contributed by atoms with E-state index in [0.29, 0.717) is 67.3 Å². The number of alkyl halides is 3. The minimum absolute atomic E-state index is 0.108. The average molecular weight is 750 g/mol. The fourth-order valence-electron chi connectivity index (χ4n) is 5.74. The fraction of sp³-hybridized carbons (Fsp3) is 0.472. The van der Waals surface area contributed by atoms with Crippen molar-refractivity contribution in [1.82, 2.24) is 15.2 Å². The van der Waals surface area contributed by atoms with E-state index in [2.05, 4.69) is 39.5 Å². The Morgan fingerprint density at radius 2 is 1.78 bits per heavy atom. The Morgan fingerprint density at radius 3 is 2.51 bits per heavy atom. The lowest BCUT2D eigenvalue weighted by Gasteiger charge is -2.26. The Kier molecular flexibility index (Phi) is 13.9. The molecule has 15 heteroatoms. The molecule has 5 rings (SSSR count). The maximum absolute atomic E-state index is 13.5. The van der Waals surface area contributed by atoms with Crippen molar-refractivity contribution < 1.29 is 37.0 Å². The number of carbonyl (C=O) groups is 2. The van der Waals surface area contributed by atoms with Crippen molar-refractivity contribution in [2.75, 3.05) is 64.5 Å². The zero-order valence-electron chi connectivity index (χ0n) is 28.7. The molecule has 10 nitrogen and oxygen atoms in total. The number of ether oxygens (including phenoxy) is 3. The number of nitrogens with zero attached hydrogens (tertiary/aromatic N) is 3. The molecule has 3 aromatic rings. The summed E-state index contributed by atoms with van der Waals surface area (Å²) in [4.78, 5) is 32.7. The van der Waals surface area contributed by atoms with Gasteiger partial charge in [-0.25, -0.2) is 5.43 Å². The molecule has 0 saturated heterocycles. The lowest BCUT2D eigenvalue weighted by atomic mass is 10.0. The van der Waals surface area contributed by atoms with E-state index in [9.17, 15) is 22.8 Å². The van der Waals surface area contributed by atoms with Crippen molar-refractivity contribution in [3.8, 4) is 5.75 Å². The Labute approximate surface area is 304 Å². The van der Waals surface area contributed by atoms with Crippen LogP contribution in [0.15, 0.2) is 47.6 Å². The van der Waals surface area contributed by atoms with E-state index < -0.39 is 28.6 Å². The number of hydrogen-bond donors (Lipinski definition) is 2. The first-order valence-electron chi connectivity index (χ1n) is 17.1. The maximum atomic E-state index is 13.5. The molecule has 0 spiro atoms. The number of hydrazone groups is 1. The van der Waals surface area contributed by atoms with Crippen molar-refractivity contribution in [1.29, 1.82) is 0 Å². The summed E-state index contributed by atoms with van der Waals surface area (Å²) < 4.78 is 57.0. The molecule has 2 aromatic carbocycles. The molecule has 276 valence electrons. The highest BCUT2D eigenvalue weighted by molar-refractivity contribution is 7.17. The molecule has 1 saturated carbocycles. The first-order chi connectivity index (χ1) is 24.6. The van der Waals surface area contributed by atoms with Crippen LogP contribution < -0.4 is 15.5 Å². The summed E-state index contributed by atoms with van der Waals surface area (Å²) in [7, 11) is 0. The van der Waals surface area contributed by atoms with Crippen molar-refractivity contribution in [3.63, 3.8) is 0 Å². The number of rotatable bonds is 18. The van der Waals surface area contributed by atoms with Crippen LogP contribution in [0.25, 0.3) is 0 Å². The van der Waals surface area contributed by atoms with E-state index >= 15 is 0 Å². The zero-order valence-corrected chi connectivity index (χ0v) is 30.3. The lowest BCUT2D eigenvalue weighted by Crippen LogP contribution is -2.32. The van der Waals surface area contributed by atoms with Crippen LogP contribution in [0.2, 0.25) is 5.02 Å². The van der Waals surface area contributed by atoms with Gasteiger partial charge in [-0.3, -0.25) is 14.5 Å². The summed E-state index contributed by atoms with van der Waals surface area (Å²) in [6, 6.07) is 10.6. The topological polar surface area (TPSA) is 105 Å². The van der Waals surface area contributed by atoms with Crippen molar-refractivity contribution >= 4 is 46.0 Å². The van der Waals surface area contributed by atoms with Gasteiger partial charge in [0.25, 0.3) is 11.8 Å². The SMILES string of the molecule is CCN(CC)CCOCCOCCOc1cccc(C(=O)Nc2sc3c(c2C(=O)N/N=C/c2ccc(Cl)c(C(F)(F)F)c2)CCN(C2CC2)C3)c1. The molecule has 0 atom stereocenters. The number of fused-ring (bicyclic) bond motifs is 1. The van der Waals surface area contributed by atoms with E-state index in [4.69, 9.17) is 25.8 Å². The molecule has 2 aliphatic rings. The average Bonchev–Trinajstić information content (AvgIpc) is 3.90. The van der Waals surface area contributed by atoms with Crippen LogP contribution >= 0.6 is 22.9 Å². The van der Waals surface area contributed by atoms with Gasteiger partial charge in [-0.05, 0) is 73.8 Å². The van der Waals surface area contributed by atoms with Crippen LogP contribution in [0.3, 0.4) is 0 Å². The second kappa shape index (κ2) is 18.3. The molecule has 0 unspecified atom stereocenters. The highest BCUT2D eigenvalue weighted by atomic mass is 35.5. The second-order valence-corrected chi connectivity index (χ2v) is 13.7. The van der Waals surface area contributed by atoms with E-state index in [1.807, 2.05) is 0 Å². The Balaban J connectivity index is 1.19. The number of nitrogens with one attached hydrogen (secondary N) is 2. The lowest BCUT2D eigenvalue weighted by molar-refractivity contribution is -0.137. The normalized spacial score (nSPS) is 15.0. The minimum Gasteiger partial charge on any atom is -0.491 e. The predicted molar refractivity (Wildman–Crippen MR) is 192 cm³/mol. The monoisotopic (exact) mass is 749 g/mol. The van der Waals surface area contributed by atoms with Gasteiger partial charge in [0.1, 0.15) is 17.4 Å². The summed E-state index contributed by atoms with van der Waals surface area (Å²) >= 11 is 7.07. The first-order valence-corrected chi connectivity index (χ1v) is 18.3. The van der Waals surface area contributed by atoms with Crippen molar-refractivity contribution in [3.05, 3.63) is 80.2 Å². The molecular weight excluding hydrogens is 707 g/mol. The standard InChI is InChI=1S/C36H43ClF3N5O5S/c1-3-44(4-2)14-15-48-16-17-49-18-19-50-27-7-5-6-25(21-27)33(46)42-35-32(28-12-13-45(26-9-10-26)23-31(28)51-35)34(47)43-41-22-24-8-11-30(37)29(20-24)36(38,39)40/h5-8,11,20-22,26H,3-4,9-10,12-19,23H2,1-2H3,(H,42,46)(H,43,47)/b41-22+. The molecule has 0 radical (unpaired) electrons. The van der Waals surface area contributed by atoms with Crippen molar-refractivity contribution in [2.45, 2.75) is 51.9 Å². The summed E-state index contributed by atoms with van der Waals surface area (Å²) in [6.07, 6.45) is -0.618. The van der Waals surface area contributed by atoms with Gasteiger partial charge < -0.3 is 24.4 Å². The van der Waals surface area contributed by atoms with Crippen LogP contribution in [-0.2, 0) is 28.6 Å².